The number of rotatable bonds is 6. The minimum Gasteiger partial charge on any atom is -0.465 e. The molecule has 3 nitrogen and oxygen atoms in total. The highest BCUT2D eigenvalue weighted by molar-refractivity contribution is 5.05. The van der Waals surface area contributed by atoms with E-state index < -0.39 is 0 Å². The standard InChI is InChI=1S/C16H30N2O/c1-12(10-17-16(4,5)6)14(3)18(7)11-15-9-8-13(2)19-15/h8-9,12,14,17H,10-11H2,1-7H3. The van der Waals surface area contributed by atoms with Crippen LogP contribution in [0.3, 0.4) is 0 Å². The van der Waals surface area contributed by atoms with E-state index in [4.69, 9.17) is 4.42 Å². The quantitative estimate of drug-likeness (QED) is 0.855. The average molecular weight is 266 g/mol. The van der Waals surface area contributed by atoms with Gasteiger partial charge in [0.1, 0.15) is 11.5 Å². The molecule has 19 heavy (non-hydrogen) atoms. The lowest BCUT2D eigenvalue weighted by molar-refractivity contribution is 0.170. The van der Waals surface area contributed by atoms with Crippen LogP contribution in [-0.2, 0) is 6.54 Å². The number of furan rings is 1. The van der Waals surface area contributed by atoms with E-state index in [0.717, 1.165) is 24.6 Å². The second kappa shape index (κ2) is 6.58. The average Bonchev–Trinajstić information content (AvgIpc) is 2.69. The van der Waals surface area contributed by atoms with Crippen molar-refractivity contribution >= 4 is 0 Å². The lowest BCUT2D eigenvalue weighted by Gasteiger charge is -2.31. The fourth-order valence-corrected chi connectivity index (χ4v) is 2.03. The topological polar surface area (TPSA) is 28.4 Å². The van der Waals surface area contributed by atoms with Crippen LogP contribution in [0.1, 0.15) is 46.1 Å². The first-order chi connectivity index (χ1) is 8.69. The van der Waals surface area contributed by atoms with Gasteiger partial charge in [0.05, 0.1) is 6.54 Å². The van der Waals surface area contributed by atoms with Gasteiger partial charge in [-0.15, -0.1) is 0 Å². The Morgan fingerprint density at radius 3 is 2.37 bits per heavy atom. The first-order valence-electron chi connectivity index (χ1n) is 7.19. The number of nitrogens with zero attached hydrogens (tertiary/aromatic N) is 1. The molecular formula is C16H30N2O. The Morgan fingerprint density at radius 2 is 1.89 bits per heavy atom. The van der Waals surface area contributed by atoms with E-state index in [1.54, 1.807) is 0 Å². The normalized spacial score (nSPS) is 15.8. The number of nitrogens with one attached hydrogen (secondary N) is 1. The van der Waals surface area contributed by atoms with Crippen LogP contribution in [0.4, 0.5) is 0 Å². The Labute approximate surface area is 118 Å². The van der Waals surface area contributed by atoms with E-state index in [2.05, 4.69) is 57.9 Å². The second-order valence-electron chi connectivity index (χ2n) is 6.78. The second-order valence-corrected chi connectivity index (χ2v) is 6.78. The molecule has 1 N–H and O–H groups in total. The Bertz CT molecular complexity index is 378. The number of hydrogen-bond acceptors (Lipinski definition) is 3. The van der Waals surface area contributed by atoms with Gasteiger partial charge in [0, 0.05) is 11.6 Å². The lowest BCUT2D eigenvalue weighted by atomic mass is 10.00. The van der Waals surface area contributed by atoms with Crippen LogP contribution in [0.25, 0.3) is 0 Å². The molecule has 0 spiro atoms. The molecule has 0 aliphatic rings. The first kappa shape index (κ1) is 16.3. The van der Waals surface area contributed by atoms with Crippen molar-refractivity contribution in [3.63, 3.8) is 0 Å². The molecular weight excluding hydrogens is 236 g/mol. The summed E-state index contributed by atoms with van der Waals surface area (Å²) in [5.41, 5.74) is 0.185. The summed E-state index contributed by atoms with van der Waals surface area (Å²) in [6.45, 7) is 15.1. The minimum atomic E-state index is 0.185. The molecule has 2 atom stereocenters. The van der Waals surface area contributed by atoms with Gasteiger partial charge >= 0.3 is 0 Å². The zero-order valence-electron chi connectivity index (χ0n) is 13.6. The summed E-state index contributed by atoms with van der Waals surface area (Å²) >= 11 is 0. The molecule has 0 saturated heterocycles. The van der Waals surface area contributed by atoms with Crippen molar-refractivity contribution in [2.75, 3.05) is 13.6 Å². The van der Waals surface area contributed by atoms with Crippen LogP contribution in [0.15, 0.2) is 16.5 Å². The van der Waals surface area contributed by atoms with Crippen LogP contribution in [0.2, 0.25) is 0 Å². The molecule has 0 aliphatic heterocycles. The van der Waals surface area contributed by atoms with Crippen molar-refractivity contribution in [2.45, 2.75) is 59.7 Å². The molecule has 110 valence electrons. The SMILES string of the molecule is Cc1ccc(CN(C)C(C)C(C)CNC(C)(C)C)o1. The molecule has 0 saturated carbocycles. The Balaban J connectivity index is 2.44. The van der Waals surface area contributed by atoms with Gasteiger partial charge in [0.2, 0.25) is 0 Å². The molecule has 1 aromatic heterocycles. The predicted molar refractivity (Wildman–Crippen MR) is 81.3 cm³/mol. The summed E-state index contributed by atoms with van der Waals surface area (Å²) in [5, 5.41) is 3.58. The smallest absolute Gasteiger partial charge is 0.118 e. The Kier molecular flexibility index (Phi) is 5.63. The van der Waals surface area contributed by atoms with Crippen LogP contribution in [-0.4, -0.2) is 30.1 Å². The van der Waals surface area contributed by atoms with Crippen LogP contribution in [0, 0.1) is 12.8 Å². The zero-order valence-corrected chi connectivity index (χ0v) is 13.6. The fraction of sp³-hybridized carbons (Fsp3) is 0.750. The third kappa shape index (κ3) is 5.79. The molecule has 2 unspecified atom stereocenters. The van der Waals surface area contributed by atoms with Crippen LogP contribution < -0.4 is 5.32 Å². The van der Waals surface area contributed by atoms with Crippen LogP contribution >= 0.6 is 0 Å². The molecule has 0 bridgehead atoms. The number of hydrogen-bond donors (Lipinski definition) is 1. The van der Waals surface area contributed by atoms with Crippen molar-refractivity contribution in [3.8, 4) is 0 Å². The highest BCUT2D eigenvalue weighted by atomic mass is 16.3. The highest BCUT2D eigenvalue weighted by Crippen LogP contribution is 2.15. The number of aryl methyl sites for hydroxylation is 1. The molecule has 0 aromatic carbocycles. The van der Waals surface area contributed by atoms with Gasteiger partial charge in [-0.3, -0.25) is 4.90 Å². The molecule has 1 aromatic rings. The maximum absolute atomic E-state index is 5.64. The van der Waals surface area contributed by atoms with Gasteiger partial charge in [-0.2, -0.15) is 0 Å². The van der Waals surface area contributed by atoms with Crippen LogP contribution in [0.5, 0.6) is 0 Å². The van der Waals surface area contributed by atoms with E-state index in [1.807, 2.05) is 13.0 Å². The molecule has 0 radical (unpaired) electrons. The third-order valence-corrected chi connectivity index (χ3v) is 3.67. The molecule has 0 amide bonds. The summed E-state index contributed by atoms with van der Waals surface area (Å²) in [6.07, 6.45) is 0. The van der Waals surface area contributed by atoms with Gasteiger partial charge in [0.15, 0.2) is 0 Å². The van der Waals surface area contributed by atoms with E-state index in [1.165, 1.54) is 0 Å². The van der Waals surface area contributed by atoms with Crippen molar-refractivity contribution < 1.29 is 4.42 Å². The van der Waals surface area contributed by atoms with Crippen molar-refractivity contribution in [1.82, 2.24) is 10.2 Å². The van der Waals surface area contributed by atoms with E-state index in [9.17, 15) is 0 Å². The zero-order chi connectivity index (χ0) is 14.6. The predicted octanol–water partition coefficient (Wildman–Crippen LogP) is 3.43. The minimum absolute atomic E-state index is 0.185. The monoisotopic (exact) mass is 266 g/mol. The summed E-state index contributed by atoms with van der Waals surface area (Å²) in [4.78, 5) is 2.35. The van der Waals surface area contributed by atoms with E-state index >= 15 is 0 Å². The van der Waals surface area contributed by atoms with Gasteiger partial charge < -0.3 is 9.73 Å². The lowest BCUT2D eigenvalue weighted by Crippen LogP contribution is -2.44. The molecule has 1 rings (SSSR count). The van der Waals surface area contributed by atoms with E-state index in [0.29, 0.717) is 12.0 Å². The molecule has 3 heteroatoms. The summed E-state index contributed by atoms with van der Waals surface area (Å²) in [7, 11) is 2.16. The summed E-state index contributed by atoms with van der Waals surface area (Å²) in [6, 6.07) is 4.61. The van der Waals surface area contributed by atoms with Crippen molar-refractivity contribution in [2.24, 2.45) is 5.92 Å². The fourth-order valence-electron chi connectivity index (χ4n) is 2.03. The highest BCUT2D eigenvalue weighted by Gasteiger charge is 2.20. The van der Waals surface area contributed by atoms with Gasteiger partial charge in [-0.25, -0.2) is 0 Å². The first-order valence-corrected chi connectivity index (χ1v) is 7.19. The molecule has 0 aliphatic carbocycles. The molecule has 0 fully saturated rings. The third-order valence-electron chi connectivity index (χ3n) is 3.67. The van der Waals surface area contributed by atoms with Gasteiger partial charge in [0.25, 0.3) is 0 Å². The molecule has 1 heterocycles. The summed E-state index contributed by atoms with van der Waals surface area (Å²) in [5.74, 6) is 2.63. The van der Waals surface area contributed by atoms with Gasteiger partial charge in [-0.05, 0) is 66.3 Å². The Morgan fingerprint density at radius 1 is 1.26 bits per heavy atom. The van der Waals surface area contributed by atoms with E-state index in [-0.39, 0.29) is 5.54 Å². The Hall–Kier alpha value is -0.800. The van der Waals surface area contributed by atoms with Gasteiger partial charge in [-0.1, -0.05) is 6.92 Å². The largest absolute Gasteiger partial charge is 0.465 e. The van der Waals surface area contributed by atoms with Crippen molar-refractivity contribution in [3.05, 3.63) is 23.7 Å². The maximum atomic E-state index is 5.64. The summed E-state index contributed by atoms with van der Waals surface area (Å²) < 4.78 is 5.64. The van der Waals surface area contributed by atoms with Crippen molar-refractivity contribution in [1.29, 1.82) is 0 Å². The maximum Gasteiger partial charge on any atom is 0.118 e.